The van der Waals surface area contributed by atoms with Crippen LogP contribution in [0, 0.1) is 10.1 Å². The van der Waals surface area contributed by atoms with Gasteiger partial charge in [-0.1, -0.05) is 6.08 Å². The summed E-state index contributed by atoms with van der Waals surface area (Å²) in [5.41, 5.74) is 4.84. The maximum atomic E-state index is 10.3. The minimum Gasteiger partial charge on any atom is -0.377 e. The largest absolute Gasteiger partial charge is 0.377 e. The zero-order valence-corrected chi connectivity index (χ0v) is 7.30. The number of ether oxygens (including phenoxy) is 1. The van der Waals surface area contributed by atoms with E-state index in [1.807, 2.05) is 0 Å². The molecule has 0 saturated heterocycles. The minimum atomic E-state index is -0.913. The van der Waals surface area contributed by atoms with Gasteiger partial charge in [-0.25, -0.2) is 0 Å². The number of hydrogen-bond donors (Lipinski definition) is 1. The number of carbonyl (C=O) groups is 1. The highest BCUT2D eigenvalue weighted by molar-refractivity contribution is 5.75. The highest BCUT2D eigenvalue weighted by Gasteiger charge is 2.14. The molecule has 1 amide bonds. The Morgan fingerprint density at radius 1 is 1.77 bits per heavy atom. The van der Waals surface area contributed by atoms with Gasteiger partial charge in [0, 0.05) is 18.5 Å². The van der Waals surface area contributed by atoms with Crippen molar-refractivity contribution >= 4 is 5.91 Å². The fourth-order valence-corrected chi connectivity index (χ4v) is 0.699. The van der Waals surface area contributed by atoms with E-state index in [-0.39, 0.29) is 13.0 Å². The van der Waals surface area contributed by atoms with Gasteiger partial charge in [-0.2, -0.15) is 0 Å². The molecule has 0 rings (SSSR count). The quantitative estimate of drug-likeness (QED) is 0.352. The molecule has 0 spiro atoms. The molecule has 2 N–H and O–H groups in total. The molecule has 0 bridgehead atoms. The molecule has 6 nitrogen and oxygen atoms in total. The molecule has 13 heavy (non-hydrogen) atoms. The van der Waals surface area contributed by atoms with Crippen LogP contribution in [0.2, 0.25) is 0 Å². The Morgan fingerprint density at radius 2 is 2.38 bits per heavy atom. The standard InChI is InChI=1S/C7H12N2O4/c1-13-5-6(9(11)12)3-2-4-7(8)10/h2-3,6H,4-5H2,1H3,(H2,8,10). The molecule has 0 aliphatic rings. The molecule has 74 valence electrons. The molecular weight excluding hydrogens is 176 g/mol. The number of nitrogens with zero attached hydrogens (tertiary/aromatic N) is 1. The van der Waals surface area contributed by atoms with Crippen LogP contribution in [-0.2, 0) is 9.53 Å². The number of rotatable bonds is 6. The Hall–Kier alpha value is -1.43. The third-order valence-electron chi connectivity index (χ3n) is 1.29. The maximum absolute atomic E-state index is 10.3. The van der Waals surface area contributed by atoms with Crippen LogP contribution in [0.1, 0.15) is 6.42 Å². The normalized spacial score (nSPS) is 13.0. The van der Waals surface area contributed by atoms with Crippen molar-refractivity contribution in [2.24, 2.45) is 5.73 Å². The molecular formula is C7H12N2O4. The Morgan fingerprint density at radius 3 is 2.77 bits per heavy atom. The van der Waals surface area contributed by atoms with Crippen LogP contribution in [-0.4, -0.2) is 30.6 Å². The van der Waals surface area contributed by atoms with Gasteiger partial charge in [0.15, 0.2) is 0 Å². The van der Waals surface area contributed by atoms with Gasteiger partial charge in [0.25, 0.3) is 6.04 Å². The average Bonchev–Trinajstić information content (AvgIpc) is 2.02. The number of hydrogen-bond acceptors (Lipinski definition) is 4. The van der Waals surface area contributed by atoms with Crippen LogP contribution in [0.4, 0.5) is 0 Å². The molecule has 6 heteroatoms. The topological polar surface area (TPSA) is 95.5 Å². The van der Waals surface area contributed by atoms with Gasteiger partial charge in [-0.15, -0.1) is 0 Å². The van der Waals surface area contributed by atoms with Crippen molar-refractivity contribution in [3.05, 3.63) is 22.3 Å². The Bertz CT molecular complexity index is 215. The molecule has 0 fully saturated rings. The number of methoxy groups -OCH3 is 1. The summed E-state index contributed by atoms with van der Waals surface area (Å²) in [4.78, 5) is 20.1. The van der Waals surface area contributed by atoms with E-state index in [4.69, 9.17) is 5.73 Å². The lowest BCUT2D eigenvalue weighted by Gasteiger charge is -2.01. The average molecular weight is 188 g/mol. The summed E-state index contributed by atoms with van der Waals surface area (Å²) in [5, 5.41) is 10.3. The fraction of sp³-hybridized carbons (Fsp3) is 0.571. The molecule has 0 aliphatic heterocycles. The number of primary amides is 1. The number of amides is 1. The highest BCUT2D eigenvalue weighted by atomic mass is 16.6. The number of nitro groups is 1. The summed E-state index contributed by atoms with van der Waals surface area (Å²) >= 11 is 0. The van der Waals surface area contributed by atoms with Crippen molar-refractivity contribution in [2.75, 3.05) is 13.7 Å². The smallest absolute Gasteiger partial charge is 0.254 e. The second-order valence-corrected chi connectivity index (χ2v) is 2.41. The van der Waals surface area contributed by atoms with Crippen molar-refractivity contribution in [1.29, 1.82) is 0 Å². The van der Waals surface area contributed by atoms with Gasteiger partial charge >= 0.3 is 0 Å². The Balaban J connectivity index is 4.01. The molecule has 0 heterocycles. The van der Waals surface area contributed by atoms with E-state index in [2.05, 4.69) is 4.74 Å². The van der Waals surface area contributed by atoms with Gasteiger partial charge in [-0.3, -0.25) is 14.9 Å². The predicted octanol–water partition coefficient (Wildman–Crippen LogP) is -0.290. The van der Waals surface area contributed by atoms with Gasteiger partial charge in [0.05, 0.1) is 0 Å². The van der Waals surface area contributed by atoms with E-state index in [9.17, 15) is 14.9 Å². The van der Waals surface area contributed by atoms with Crippen LogP contribution in [0.25, 0.3) is 0 Å². The summed E-state index contributed by atoms with van der Waals surface area (Å²) < 4.78 is 4.61. The van der Waals surface area contributed by atoms with Crippen molar-refractivity contribution in [2.45, 2.75) is 12.5 Å². The first kappa shape index (κ1) is 11.6. The van der Waals surface area contributed by atoms with Crippen molar-refractivity contribution < 1.29 is 14.5 Å². The molecule has 1 unspecified atom stereocenters. The molecule has 0 radical (unpaired) electrons. The lowest BCUT2D eigenvalue weighted by atomic mass is 10.2. The Kier molecular flexibility index (Phi) is 5.45. The predicted molar refractivity (Wildman–Crippen MR) is 45.6 cm³/mol. The van der Waals surface area contributed by atoms with Crippen molar-refractivity contribution in [3.63, 3.8) is 0 Å². The third kappa shape index (κ3) is 5.80. The molecule has 0 aromatic heterocycles. The van der Waals surface area contributed by atoms with E-state index in [1.54, 1.807) is 0 Å². The summed E-state index contributed by atoms with van der Waals surface area (Å²) in [6.45, 7) is -0.0116. The van der Waals surface area contributed by atoms with Gasteiger partial charge in [-0.05, 0) is 6.08 Å². The van der Waals surface area contributed by atoms with E-state index >= 15 is 0 Å². The number of nitrogens with two attached hydrogens (primary N) is 1. The first-order chi connectivity index (χ1) is 6.07. The van der Waals surface area contributed by atoms with E-state index in [0.717, 1.165) is 0 Å². The van der Waals surface area contributed by atoms with Crippen molar-refractivity contribution in [1.82, 2.24) is 0 Å². The molecule has 0 aliphatic carbocycles. The van der Waals surface area contributed by atoms with E-state index < -0.39 is 16.9 Å². The summed E-state index contributed by atoms with van der Waals surface area (Å²) in [7, 11) is 1.37. The third-order valence-corrected chi connectivity index (χ3v) is 1.29. The fourth-order valence-electron chi connectivity index (χ4n) is 0.699. The van der Waals surface area contributed by atoms with Gasteiger partial charge in [0.1, 0.15) is 6.61 Å². The summed E-state index contributed by atoms with van der Waals surface area (Å²) in [5.74, 6) is -0.518. The van der Waals surface area contributed by atoms with Crippen LogP contribution in [0.15, 0.2) is 12.2 Å². The minimum absolute atomic E-state index is 0.00799. The summed E-state index contributed by atoms with van der Waals surface area (Å²) in [6.07, 6.45) is 2.68. The first-order valence-corrected chi connectivity index (χ1v) is 3.65. The number of carbonyl (C=O) groups excluding carboxylic acids is 1. The van der Waals surface area contributed by atoms with Crippen LogP contribution in [0.5, 0.6) is 0 Å². The van der Waals surface area contributed by atoms with E-state index in [0.29, 0.717) is 0 Å². The summed E-state index contributed by atoms with van der Waals surface area (Å²) in [6, 6.07) is -0.913. The van der Waals surface area contributed by atoms with Crippen molar-refractivity contribution in [3.8, 4) is 0 Å². The van der Waals surface area contributed by atoms with Gasteiger partial charge < -0.3 is 10.5 Å². The monoisotopic (exact) mass is 188 g/mol. The SMILES string of the molecule is COCC(C=CCC(N)=O)[N+](=O)[O-]. The highest BCUT2D eigenvalue weighted by Crippen LogP contribution is 1.94. The van der Waals surface area contributed by atoms with Crippen LogP contribution in [0.3, 0.4) is 0 Å². The first-order valence-electron chi connectivity index (χ1n) is 3.65. The Labute approximate surface area is 75.5 Å². The van der Waals surface area contributed by atoms with Crippen LogP contribution < -0.4 is 5.73 Å². The van der Waals surface area contributed by atoms with Crippen LogP contribution >= 0.6 is 0 Å². The second-order valence-electron chi connectivity index (χ2n) is 2.41. The van der Waals surface area contributed by atoms with E-state index in [1.165, 1.54) is 19.3 Å². The lowest BCUT2D eigenvalue weighted by Crippen LogP contribution is -2.22. The zero-order chi connectivity index (χ0) is 10.3. The molecule has 1 atom stereocenters. The second kappa shape index (κ2) is 6.13. The molecule has 0 aromatic carbocycles. The zero-order valence-electron chi connectivity index (χ0n) is 7.30. The lowest BCUT2D eigenvalue weighted by molar-refractivity contribution is -0.512. The molecule has 0 saturated carbocycles. The molecule has 0 aromatic rings. The maximum Gasteiger partial charge on any atom is 0.254 e. The van der Waals surface area contributed by atoms with Gasteiger partial charge in [0.2, 0.25) is 5.91 Å².